The van der Waals surface area contributed by atoms with Crippen LogP contribution in [-0.2, 0) is 10.0 Å². The second-order valence-corrected chi connectivity index (χ2v) is 5.81. The zero-order valence-corrected chi connectivity index (χ0v) is 11.2. The van der Waals surface area contributed by atoms with Crippen molar-refractivity contribution in [1.82, 2.24) is 5.32 Å². The van der Waals surface area contributed by atoms with Crippen molar-refractivity contribution in [2.75, 3.05) is 43.1 Å². The minimum Gasteiger partial charge on any atom is -0.378 e. The molecule has 0 saturated carbocycles. The maximum atomic E-state index is 11.7. The maximum Gasteiger partial charge on any atom is 0.233 e. The summed E-state index contributed by atoms with van der Waals surface area (Å²) in [5, 5.41) is 2.81. The molecule has 0 fully saturated rings. The molecule has 5 nitrogen and oxygen atoms in total. The van der Waals surface area contributed by atoms with Crippen molar-refractivity contribution in [3.05, 3.63) is 24.3 Å². The van der Waals surface area contributed by atoms with Gasteiger partial charge in [0.15, 0.2) is 0 Å². The highest BCUT2D eigenvalue weighted by Gasteiger charge is 2.09. The van der Waals surface area contributed by atoms with Crippen LogP contribution in [0.3, 0.4) is 0 Å². The minimum atomic E-state index is -3.27. The van der Waals surface area contributed by atoms with E-state index in [0.717, 1.165) is 5.69 Å². The van der Waals surface area contributed by atoms with Gasteiger partial charge >= 0.3 is 0 Å². The molecule has 1 aromatic rings. The molecule has 2 N–H and O–H groups in total. The SMILES string of the molecule is CNCCS(=O)(=O)Nc1cccc(N(C)C)c1. The van der Waals surface area contributed by atoms with Crippen LogP contribution in [0.5, 0.6) is 0 Å². The number of anilines is 2. The molecule has 17 heavy (non-hydrogen) atoms. The van der Waals surface area contributed by atoms with E-state index in [1.165, 1.54) is 0 Å². The average molecular weight is 257 g/mol. The van der Waals surface area contributed by atoms with Gasteiger partial charge in [0.1, 0.15) is 0 Å². The van der Waals surface area contributed by atoms with Crippen LogP contribution in [0.15, 0.2) is 24.3 Å². The molecule has 96 valence electrons. The Bertz CT molecular complexity index is 458. The number of benzene rings is 1. The lowest BCUT2D eigenvalue weighted by molar-refractivity contribution is 0.599. The van der Waals surface area contributed by atoms with Crippen molar-refractivity contribution in [1.29, 1.82) is 0 Å². The van der Waals surface area contributed by atoms with Crippen molar-refractivity contribution in [3.8, 4) is 0 Å². The molecule has 0 saturated heterocycles. The molecule has 1 aromatic carbocycles. The van der Waals surface area contributed by atoms with Crippen LogP contribution in [0.1, 0.15) is 0 Å². The predicted octanol–water partition coefficient (Wildman–Crippen LogP) is 0.714. The van der Waals surface area contributed by atoms with Crippen LogP contribution >= 0.6 is 0 Å². The van der Waals surface area contributed by atoms with Gasteiger partial charge in [0, 0.05) is 26.3 Å². The van der Waals surface area contributed by atoms with Gasteiger partial charge in [-0.25, -0.2) is 8.42 Å². The Hall–Kier alpha value is -1.27. The van der Waals surface area contributed by atoms with Gasteiger partial charge in [-0.3, -0.25) is 4.72 Å². The van der Waals surface area contributed by atoms with E-state index in [4.69, 9.17) is 0 Å². The van der Waals surface area contributed by atoms with Crippen LogP contribution < -0.4 is 14.9 Å². The lowest BCUT2D eigenvalue weighted by Gasteiger charge is -2.14. The average Bonchev–Trinajstić information content (AvgIpc) is 2.26. The lowest BCUT2D eigenvalue weighted by Crippen LogP contribution is -2.24. The zero-order valence-electron chi connectivity index (χ0n) is 10.4. The lowest BCUT2D eigenvalue weighted by atomic mass is 10.3. The van der Waals surface area contributed by atoms with Crippen molar-refractivity contribution < 1.29 is 8.42 Å². The molecule has 0 aliphatic carbocycles. The molecule has 0 heterocycles. The molecular weight excluding hydrogens is 238 g/mol. The largest absolute Gasteiger partial charge is 0.378 e. The molecule has 0 atom stereocenters. The van der Waals surface area contributed by atoms with Crippen LogP contribution in [-0.4, -0.2) is 41.9 Å². The van der Waals surface area contributed by atoms with E-state index in [1.54, 1.807) is 19.2 Å². The zero-order chi connectivity index (χ0) is 12.9. The van der Waals surface area contributed by atoms with Gasteiger partial charge < -0.3 is 10.2 Å². The molecule has 0 bridgehead atoms. The minimum absolute atomic E-state index is 0.0652. The highest BCUT2D eigenvalue weighted by atomic mass is 32.2. The summed E-state index contributed by atoms with van der Waals surface area (Å²) in [6.07, 6.45) is 0. The van der Waals surface area contributed by atoms with Crippen LogP contribution in [0.4, 0.5) is 11.4 Å². The molecule has 0 spiro atoms. The van der Waals surface area contributed by atoms with E-state index >= 15 is 0 Å². The van der Waals surface area contributed by atoms with Gasteiger partial charge in [-0.15, -0.1) is 0 Å². The molecule has 0 aliphatic rings. The van der Waals surface area contributed by atoms with Crippen LogP contribution in [0.25, 0.3) is 0 Å². The highest BCUT2D eigenvalue weighted by Crippen LogP contribution is 2.18. The van der Waals surface area contributed by atoms with E-state index in [-0.39, 0.29) is 5.75 Å². The summed E-state index contributed by atoms with van der Waals surface area (Å²) < 4.78 is 25.9. The van der Waals surface area contributed by atoms with E-state index < -0.39 is 10.0 Å². The first kappa shape index (κ1) is 13.8. The molecule has 0 aliphatic heterocycles. The predicted molar refractivity (Wildman–Crippen MR) is 72.1 cm³/mol. The summed E-state index contributed by atoms with van der Waals surface area (Å²) in [4.78, 5) is 1.92. The number of nitrogens with one attached hydrogen (secondary N) is 2. The normalized spacial score (nSPS) is 11.2. The first-order valence-electron chi connectivity index (χ1n) is 5.37. The summed E-state index contributed by atoms with van der Waals surface area (Å²) >= 11 is 0. The maximum absolute atomic E-state index is 11.7. The molecule has 0 unspecified atom stereocenters. The Morgan fingerprint density at radius 1 is 1.29 bits per heavy atom. The third-order valence-corrected chi connectivity index (χ3v) is 3.54. The van der Waals surface area contributed by atoms with E-state index in [9.17, 15) is 8.42 Å². The van der Waals surface area contributed by atoms with Crippen LogP contribution in [0, 0.1) is 0 Å². The Kier molecular flexibility index (Phi) is 4.77. The summed E-state index contributed by atoms with van der Waals surface area (Å²) in [5.41, 5.74) is 1.55. The molecule has 1 rings (SSSR count). The number of rotatable bonds is 6. The van der Waals surface area contributed by atoms with Gasteiger partial charge in [0.25, 0.3) is 0 Å². The molecule has 0 amide bonds. The van der Waals surface area contributed by atoms with E-state index in [0.29, 0.717) is 12.2 Å². The fourth-order valence-electron chi connectivity index (χ4n) is 1.31. The monoisotopic (exact) mass is 257 g/mol. The molecular formula is C11H19N3O2S. The van der Waals surface area contributed by atoms with Gasteiger partial charge in [-0.2, -0.15) is 0 Å². The third kappa shape index (κ3) is 4.62. The van der Waals surface area contributed by atoms with Crippen molar-refractivity contribution in [3.63, 3.8) is 0 Å². The standard InChI is InChI=1S/C11H19N3O2S/c1-12-7-8-17(15,16)13-10-5-4-6-11(9-10)14(2)3/h4-6,9,12-13H,7-8H2,1-3H3. The van der Waals surface area contributed by atoms with Crippen LogP contribution in [0.2, 0.25) is 0 Å². The van der Waals surface area contributed by atoms with Gasteiger partial charge in [0.2, 0.25) is 10.0 Å². The molecule has 6 heteroatoms. The summed E-state index contributed by atoms with van der Waals surface area (Å²) in [6.45, 7) is 0.433. The van der Waals surface area contributed by atoms with E-state index in [2.05, 4.69) is 10.0 Å². The summed E-state index contributed by atoms with van der Waals surface area (Å²) in [5.74, 6) is 0.0652. The first-order valence-corrected chi connectivity index (χ1v) is 7.02. The number of hydrogen-bond acceptors (Lipinski definition) is 4. The van der Waals surface area contributed by atoms with E-state index in [1.807, 2.05) is 31.1 Å². The molecule has 0 aromatic heterocycles. The van der Waals surface area contributed by atoms with Crippen molar-refractivity contribution in [2.24, 2.45) is 0 Å². The Labute approximate surface area is 103 Å². The van der Waals surface area contributed by atoms with Gasteiger partial charge in [0.05, 0.1) is 11.4 Å². The third-order valence-electron chi connectivity index (χ3n) is 2.26. The highest BCUT2D eigenvalue weighted by molar-refractivity contribution is 7.92. The quantitative estimate of drug-likeness (QED) is 0.788. The smallest absolute Gasteiger partial charge is 0.233 e. The second-order valence-electron chi connectivity index (χ2n) is 3.97. The van der Waals surface area contributed by atoms with Gasteiger partial charge in [-0.05, 0) is 25.2 Å². The Morgan fingerprint density at radius 2 is 2.00 bits per heavy atom. The Morgan fingerprint density at radius 3 is 2.59 bits per heavy atom. The van der Waals surface area contributed by atoms with Crippen molar-refractivity contribution in [2.45, 2.75) is 0 Å². The van der Waals surface area contributed by atoms with Gasteiger partial charge in [-0.1, -0.05) is 6.07 Å². The first-order chi connectivity index (χ1) is 7.94. The summed E-state index contributed by atoms with van der Waals surface area (Å²) in [7, 11) is 2.28. The topological polar surface area (TPSA) is 61.4 Å². The van der Waals surface area contributed by atoms with Crippen molar-refractivity contribution >= 4 is 21.4 Å². The number of nitrogens with zero attached hydrogens (tertiary/aromatic N) is 1. The number of sulfonamides is 1. The Balaban J connectivity index is 2.78. The fourth-order valence-corrected chi connectivity index (χ4v) is 2.38. The molecule has 0 radical (unpaired) electrons. The summed E-state index contributed by atoms with van der Waals surface area (Å²) in [6, 6.07) is 7.29. The second kappa shape index (κ2) is 5.88. The fraction of sp³-hybridized carbons (Fsp3) is 0.455. The number of hydrogen-bond donors (Lipinski definition) is 2.